The molecule has 1 amide bonds. The number of hydrogen-bond donors (Lipinski definition) is 0. The van der Waals surface area contributed by atoms with Crippen LogP contribution < -0.4 is 0 Å². The molecule has 0 N–H and O–H groups in total. The molecule has 0 aromatic heterocycles. The molecule has 0 saturated carbocycles. The van der Waals surface area contributed by atoms with Crippen molar-refractivity contribution in [3.63, 3.8) is 0 Å². The molecule has 72 valence electrons. The van der Waals surface area contributed by atoms with Crippen molar-refractivity contribution in [2.45, 2.75) is 32.2 Å². The molecule has 0 aromatic rings. The molecule has 3 heteroatoms. The zero-order valence-corrected chi connectivity index (χ0v) is 12.3. The Labute approximate surface area is 106 Å². The summed E-state index contributed by atoms with van der Waals surface area (Å²) < 4.78 is 7.70. The van der Waals surface area contributed by atoms with Gasteiger partial charge in [-0.25, -0.2) is 0 Å². The van der Waals surface area contributed by atoms with E-state index in [1.54, 1.807) is 11.8 Å². The minimum Gasteiger partial charge on any atom is -0.344 e. The molecule has 3 atom stereocenters. The molecule has 1 fully saturated rings. The summed E-state index contributed by atoms with van der Waals surface area (Å²) in [6, 6.07) is 0.166. The van der Waals surface area contributed by atoms with Crippen molar-refractivity contribution in [1.29, 1.82) is 0 Å². The molecule has 2 nitrogen and oxygen atoms in total. The molecule has 0 aromatic carbocycles. The van der Waals surface area contributed by atoms with E-state index in [1.807, 2.05) is 0 Å². The van der Waals surface area contributed by atoms with Gasteiger partial charge in [0.1, 0.15) is 0 Å². The first kappa shape index (κ1) is 11.6. The summed E-state index contributed by atoms with van der Waals surface area (Å²) in [5.41, 5.74) is 0. The van der Waals surface area contributed by atoms with E-state index in [4.69, 9.17) is 1.37 Å². The van der Waals surface area contributed by atoms with Crippen LogP contribution in [0.4, 0.5) is 0 Å². The predicted molar refractivity (Wildman–Crippen MR) is 49.2 cm³/mol. The summed E-state index contributed by atoms with van der Waals surface area (Å²) >= 11 is 0. The summed E-state index contributed by atoms with van der Waals surface area (Å²) in [5.74, 6) is -0.258. The Kier molecular flexibility index (Phi) is 5.43. The van der Waals surface area contributed by atoms with Gasteiger partial charge in [-0.3, -0.25) is 4.79 Å². The van der Waals surface area contributed by atoms with E-state index in [0.717, 1.165) is 12.8 Å². The van der Waals surface area contributed by atoms with Gasteiger partial charge in [0, 0.05) is 13.9 Å². The Hall–Kier alpha value is 0.522. The number of rotatable bonds is 2. The van der Waals surface area contributed by atoms with E-state index in [-0.39, 0.29) is 55.5 Å². The van der Waals surface area contributed by atoms with Gasteiger partial charge in [0.2, 0.25) is 0 Å². The topological polar surface area (TPSA) is 20.3 Å². The van der Waals surface area contributed by atoms with Gasteiger partial charge < -0.3 is 18.7 Å². The molecule has 13 heavy (non-hydrogen) atoms. The van der Waals surface area contributed by atoms with Crippen LogP contribution in [0.3, 0.4) is 0 Å². The van der Waals surface area contributed by atoms with Gasteiger partial charge in [-0.2, -0.15) is 6.42 Å². The summed E-state index contributed by atoms with van der Waals surface area (Å²) in [6.07, 6.45) is 2.39. The standard InChI is InChI=1S/C10H17NO.U/c1-4-9-6-5-7-11(9)10(12)8(2)3;/h8-9H,1-2,4-7H2,3H3;/q-2;+2/t8-,9+;/m1./s1/i7T;/t7-,8-,9+;. The van der Waals surface area contributed by atoms with E-state index in [2.05, 4.69) is 13.8 Å². The molecule has 0 aliphatic carbocycles. The number of carbonyl (C=O) groups excluding carboxylic acids is 1. The average molecular weight is 407 g/mol. The minimum atomic E-state index is -0.372. The van der Waals surface area contributed by atoms with Crippen LogP contribution in [0.25, 0.3) is 0 Å². The van der Waals surface area contributed by atoms with E-state index in [0.29, 0.717) is 6.42 Å². The smallest absolute Gasteiger partial charge is 0.344 e. The fourth-order valence-electron chi connectivity index (χ4n) is 1.50. The second-order valence-corrected chi connectivity index (χ2v) is 3.35. The second kappa shape index (κ2) is 6.09. The summed E-state index contributed by atoms with van der Waals surface area (Å²) in [4.78, 5) is 13.3. The molecule has 0 unspecified atom stereocenters. The van der Waals surface area contributed by atoms with Crippen LogP contribution in [-0.2, 0) is 4.79 Å². The molecule has 1 saturated heterocycles. The fourth-order valence-corrected chi connectivity index (χ4v) is 1.50. The van der Waals surface area contributed by atoms with Crippen LogP contribution in [0.1, 0.15) is 27.6 Å². The molecule has 1 heterocycles. The quantitative estimate of drug-likeness (QED) is 0.638. The van der Waals surface area contributed by atoms with Gasteiger partial charge in [-0.15, -0.1) is 0 Å². The van der Waals surface area contributed by atoms with Crippen molar-refractivity contribution >= 4 is 5.91 Å². The fraction of sp³-hybridized carbons (Fsp3) is 0.700. The third kappa shape index (κ3) is 3.29. The Balaban J connectivity index is 0.00000169. The van der Waals surface area contributed by atoms with Crippen LogP contribution in [-0.4, -0.2) is 23.4 Å². The van der Waals surface area contributed by atoms with Crippen molar-refractivity contribution < 1.29 is 37.3 Å². The van der Waals surface area contributed by atoms with Crippen molar-refractivity contribution in [3.8, 4) is 0 Å². The Morgan fingerprint density at radius 3 is 2.92 bits per heavy atom. The minimum absolute atomic E-state index is 0. The first-order valence-electron chi connectivity index (χ1n) is 5.02. The van der Waals surface area contributed by atoms with Gasteiger partial charge >= 0.3 is 31.1 Å². The largest absolute Gasteiger partial charge is 2.00 e. The van der Waals surface area contributed by atoms with Gasteiger partial charge in [-0.05, 0) is 12.8 Å². The summed E-state index contributed by atoms with van der Waals surface area (Å²) in [5, 5.41) is 0. The SMILES string of the molecule is [3H][C@@H]1CC[C@H](C[CH2-])N1C(=O)[C@H]([CH2-])C.[U+2]. The van der Waals surface area contributed by atoms with E-state index in [1.165, 1.54) is 0 Å². The molecular weight excluding hydrogens is 388 g/mol. The normalized spacial score (nSPS) is 30.7. The van der Waals surface area contributed by atoms with E-state index in [9.17, 15) is 4.79 Å². The first-order valence-corrected chi connectivity index (χ1v) is 4.44. The van der Waals surface area contributed by atoms with Crippen LogP contribution in [0.15, 0.2) is 0 Å². The zero-order chi connectivity index (χ0) is 10.0. The monoisotopic (exact) mass is 407 g/mol. The zero-order valence-electron chi connectivity index (χ0n) is 9.12. The number of amides is 1. The average Bonchev–Trinajstić information content (AvgIpc) is 2.45. The number of likely N-dealkylation sites (tertiary alicyclic amines) is 1. The maximum atomic E-state index is 11.6. The van der Waals surface area contributed by atoms with Gasteiger partial charge in [-0.1, -0.05) is 12.8 Å². The Bertz CT molecular complexity index is 199. The van der Waals surface area contributed by atoms with Crippen molar-refractivity contribution in [3.05, 3.63) is 13.8 Å². The molecule has 1 aliphatic rings. The molecule has 0 bridgehead atoms. The number of carbonyl (C=O) groups is 1. The number of nitrogens with zero attached hydrogens (tertiary/aromatic N) is 1. The molecular formula is C10H17NOU. The van der Waals surface area contributed by atoms with Gasteiger partial charge in [0.15, 0.2) is 5.91 Å². The van der Waals surface area contributed by atoms with Crippen LogP contribution >= 0.6 is 0 Å². The van der Waals surface area contributed by atoms with Crippen molar-refractivity contribution in [1.82, 2.24) is 4.90 Å². The van der Waals surface area contributed by atoms with E-state index < -0.39 is 0 Å². The molecule has 0 spiro atoms. The summed E-state index contributed by atoms with van der Waals surface area (Å²) in [7, 11) is 0. The van der Waals surface area contributed by atoms with E-state index >= 15 is 0 Å². The third-order valence-corrected chi connectivity index (χ3v) is 2.23. The number of hydrogen-bond acceptors (Lipinski definition) is 1. The van der Waals surface area contributed by atoms with Gasteiger partial charge in [0.05, 0.1) is 0 Å². The van der Waals surface area contributed by atoms with Crippen molar-refractivity contribution in [2.24, 2.45) is 5.92 Å². The maximum absolute atomic E-state index is 11.6. The Morgan fingerprint density at radius 2 is 2.46 bits per heavy atom. The molecule has 1 aliphatic heterocycles. The third-order valence-electron chi connectivity index (χ3n) is 2.23. The Morgan fingerprint density at radius 1 is 1.85 bits per heavy atom. The van der Waals surface area contributed by atoms with Crippen LogP contribution in [0.5, 0.6) is 0 Å². The van der Waals surface area contributed by atoms with Gasteiger partial charge in [0.25, 0.3) is 0 Å². The molecule has 1 rings (SSSR count). The maximum Gasteiger partial charge on any atom is 2.00 e. The van der Waals surface area contributed by atoms with Crippen molar-refractivity contribution in [2.75, 3.05) is 6.52 Å². The van der Waals surface area contributed by atoms with Crippen LogP contribution in [0.2, 0.25) is 0 Å². The predicted octanol–water partition coefficient (Wildman–Crippen LogP) is 1.67. The van der Waals surface area contributed by atoms with Crippen LogP contribution in [0, 0.1) is 50.9 Å². The molecule has 0 radical (unpaired) electrons. The second-order valence-electron chi connectivity index (χ2n) is 3.35. The first-order chi connectivity index (χ1) is 6.07. The summed E-state index contributed by atoms with van der Waals surface area (Å²) in [6.45, 7) is 8.89.